The third kappa shape index (κ3) is 4.09. The van der Waals surface area contributed by atoms with Crippen molar-refractivity contribution in [3.8, 4) is 0 Å². The topological polar surface area (TPSA) is 38.7 Å². The first-order valence-corrected chi connectivity index (χ1v) is 8.48. The van der Waals surface area contributed by atoms with Gasteiger partial charge in [-0.25, -0.2) is 0 Å². The Morgan fingerprint density at radius 3 is 1.56 bits per heavy atom. The molecule has 0 saturated heterocycles. The van der Waals surface area contributed by atoms with E-state index in [9.17, 15) is 0 Å². The molecule has 0 bridgehead atoms. The van der Waals surface area contributed by atoms with Crippen molar-refractivity contribution < 1.29 is 0 Å². The molecular formula is C19H22N6. The third-order valence-electron chi connectivity index (χ3n) is 4.25. The van der Waals surface area contributed by atoms with Gasteiger partial charge in [0.15, 0.2) is 0 Å². The molecule has 128 valence electrons. The van der Waals surface area contributed by atoms with Gasteiger partial charge in [0.1, 0.15) is 0 Å². The van der Waals surface area contributed by atoms with Crippen molar-refractivity contribution in [2.45, 2.75) is 13.1 Å². The monoisotopic (exact) mass is 334 g/mol. The molecule has 4 heterocycles. The molecule has 4 rings (SSSR count). The zero-order valence-electron chi connectivity index (χ0n) is 14.1. The van der Waals surface area contributed by atoms with E-state index in [4.69, 9.17) is 0 Å². The van der Waals surface area contributed by atoms with Crippen molar-refractivity contribution in [1.82, 2.24) is 29.6 Å². The van der Waals surface area contributed by atoms with Gasteiger partial charge >= 0.3 is 0 Å². The lowest BCUT2D eigenvalue weighted by atomic mass is 10.3. The fraction of sp³-hybridized carbons (Fsp3) is 0.263. The molecule has 0 radical (unpaired) electrons. The first-order valence-electron chi connectivity index (χ1n) is 8.48. The van der Waals surface area contributed by atoms with Crippen LogP contribution in [0, 0.1) is 0 Å². The van der Waals surface area contributed by atoms with Crippen molar-refractivity contribution in [3.05, 3.63) is 85.0 Å². The van der Waals surface area contributed by atoms with Crippen LogP contribution in [0.2, 0.25) is 0 Å². The summed E-state index contributed by atoms with van der Waals surface area (Å²) in [5.41, 5.74) is 2.19. The molecule has 6 nitrogen and oxygen atoms in total. The van der Waals surface area contributed by atoms with Gasteiger partial charge in [0.25, 0.3) is 0 Å². The highest BCUT2D eigenvalue weighted by molar-refractivity contribution is 5.06. The Kier molecular flexibility index (Phi) is 4.50. The quantitative estimate of drug-likeness (QED) is 0.807. The van der Waals surface area contributed by atoms with Gasteiger partial charge in [0, 0.05) is 37.2 Å². The van der Waals surface area contributed by atoms with Gasteiger partial charge in [-0.15, -0.1) is 0 Å². The Labute approximate surface area is 148 Å². The van der Waals surface area contributed by atoms with Gasteiger partial charge in [-0.05, 0) is 24.3 Å². The highest BCUT2D eigenvalue weighted by atomic mass is 15.4. The van der Waals surface area contributed by atoms with Gasteiger partial charge in [0.05, 0.1) is 44.5 Å². The normalized spacial score (nSPS) is 16.3. The SMILES string of the molecule is C1=CN(CN2C=CN(Cc3ccccn3)C2)CN1Cc1ccccn1. The highest BCUT2D eigenvalue weighted by Crippen LogP contribution is 2.15. The smallest absolute Gasteiger partial charge is 0.0927 e. The minimum atomic E-state index is 0.843. The summed E-state index contributed by atoms with van der Waals surface area (Å²) in [5.74, 6) is 0. The fourth-order valence-corrected chi connectivity index (χ4v) is 3.05. The molecule has 0 spiro atoms. The van der Waals surface area contributed by atoms with E-state index >= 15 is 0 Å². The number of rotatable bonds is 6. The second-order valence-corrected chi connectivity index (χ2v) is 6.33. The first-order chi connectivity index (χ1) is 12.3. The van der Waals surface area contributed by atoms with E-state index in [0.29, 0.717) is 0 Å². The second kappa shape index (κ2) is 7.25. The molecule has 2 aliphatic heterocycles. The summed E-state index contributed by atoms with van der Waals surface area (Å²) >= 11 is 0. The average Bonchev–Trinajstić information content (AvgIpc) is 3.27. The van der Waals surface area contributed by atoms with E-state index in [0.717, 1.165) is 44.5 Å². The van der Waals surface area contributed by atoms with Gasteiger partial charge in [-0.2, -0.15) is 0 Å². The van der Waals surface area contributed by atoms with Crippen molar-refractivity contribution in [1.29, 1.82) is 0 Å². The number of hydrogen-bond acceptors (Lipinski definition) is 6. The highest BCUT2D eigenvalue weighted by Gasteiger charge is 2.18. The van der Waals surface area contributed by atoms with Crippen LogP contribution in [0.1, 0.15) is 11.4 Å². The molecule has 0 aliphatic carbocycles. The van der Waals surface area contributed by atoms with Crippen molar-refractivity contribution in [2.24, 2.45) is 0 Å². The van der Waals surface area contributed by atoms with Crippen LogP contribution in [0.5, 0.6) is 0 Å². The summed E-state index contributed by atoms with van der Waals surface area (Å²) < 4.78 is 0. The average molecular weight is 334 g/mol. The third-order valence-corrected chi connectivity index (χ3v) is 4.25. The summed E-state index contributed by atoms with van der Waals surface area (Å²) in [6.07, 6.45) is 12.3. The van der Waals surface area contributed by atoms with Crippen LogP contribution in [-0.2, 0) is 13.1 Å². The minimum absolute atomic E-state index is 0.843. The van der Waals surface area contributed by atoms with Gasteiger partial charge in [-0.3, -0.25) is 9.97 Å². The van der Waals surface area contributed by atoms with Crippen molar-refractivity contribution >= 4 is 0 Å². The lowest BCUT2D eigenvalue weighted by Gasteiger charge is -2.27. The maximum Gasteiger partial charge on any atom is 0.0927 e. The number of hydrogen-bond donors (Lipinski definition) is 0. The number of aromatic nitrogens is 2. The molecule has 0 amide bonds. The lowest BCUT2D eigenvalue weighted by molar-refractivity contribution is 0.158. The Morgan fingerprint density at radius 2 is 1.12 bits per heavy atom. The van der Waals surface area contributed by atoms with Crippen LogP contribution in [-0.4, -0.2) is 49.6 Å². The molecule has 6 heteroatoms. The summed E-state index contributed by atoms with van der Waals surface area (Å²) in [4.78, 5) is 17.9. The predicted molar refractivity (Wildman–Crippen MR) is 96.1 cm³/mol. The molecular weight excluding hydrogens is 312 g/mol. The predicted octanol–water partition coefficient (Wildman–Crippen LogP) is 2.23. The van der Waals surface area contributed by atoms with Crippen LogP contribution >= 0.6 is 0 Å². The second-order valence-electron chi connectivity index (χ2n) is 6.33. The zero-order chi connectivity index (χ0) is 16.9. The Bertz CT molecular complexity index is 667. The van der Waals surface area contributed by atoms with E-state index in [1.165, 1.54) is 0 Å². The van der Waals surface area contributed by atoms with E-state index in [-0.39, 0.29) is 0 Å². The molecule has 2 aliphatic rings. The van der Waals surface area contributed by atoms with Gasteiger partial charge in [-0.1, -0.05) is 12.1 Å². The summed E-state index contributed by atoms with van der Waals surface area (Å²) in [6.45, 7) is 4.34. The summed E-state index contributed by atoms with van der Waals surface area (Å²) in [5, 5.41) is 0. The zero-order valence-corrected chi connectivity index (χ0v) is 14.1. The molecule has 0 unspecified atom stereocenters. The molecule has 0 fully saturated rings. The van der Waals surface area contributed by atoms with Crippen LogP contribution in [0.25, 0.3) is 0 Å². The molecule has 2 aromatic heterocycles. The summed E-state index contributed by atoms with van der Waals surface area (Å²) in [7, 11) is 0. The summed E-state index contributed by atoms with van der Waals surface area (Å²) in [6, 6.07) is 12.1. The van der Waals surface area contributed by atoms with Crippen molar-refractivity contribution in [3.63, 3.8) is 0 Å². The molecule has 25 heavy (non-hydrogen) atoms. The Morgan fingerprint density at radius 1 is 0.640 bits per heavy atom. The van der Waals surface area contributed by atoms with E-state index < -0.39 is 0 Å². The molecule has 0 N–H and O–H groups in total. The fourth-order valence-electron chi connectivity index (χ4n) is 3.05. The van der Waals surface area contributed by atoms with Crippen molar-refractivity contribution in [2.75, 3.05) is 20.0 Å². The van der Waals surface area contributed by atoms with Crippen LogP contribution in [0.15, 0.2) is 73.6 Å². The number of nitrogens with zero attached hydrogens (tertiary/aromatic N) is 6. The maximum atomic E-state index is 4.39. The van der Waals surface area contributed by atoms with Crippen LogP contribution in [0.3, 0.4) is 0 Å². The standard InChI is InChI=1S/C19H22N6/c1-3-7-20-18(5-1)13-22-9-11-24(15-22)17-25-12-10-23(16-25)14-19-6-2-4-8-21-19/h1-12H,13-17H2. The van der Waals surface area contributed by atoms with E-state index in [1.807, 2.05) is 36.7 Å². The Balaban J connectivity index is 1.23. The molecule has 0 aromatic carbocycles. The Hall–Kier alpha value is -3.02. The van der Waals surface area contributed by atoms with E-state index in [1.54, 1.807) is 0 Å². The minimum Gasteiger partial charge on any atom is -0.353 e. The van der Waals surface area contributed by atoms with Gasteiger partial charge < -0.3 is 19.6 Å². The molecule has 0 saturated carbocycles. The van der Waals surface area contributed by atoms with Crippen LogP contribution < -0.4 is 0 Å². The molecule has 2 aromatic rings. The lowest BCUT2D eigenvalue weighted by Crippen LogP contribution is -2.35. The largest absolute Gasteiger partial charge is 0.353 e. The maximum absolute atomic E-state index is 4.39. The van der Waals surface area contributed by atoms with Crippen LogP contribution in [0.4, 0.5) is 0 Å². The van der Waals surface area contributed by atoms with E-state index in [2.05, 4.69) is 66.5 Å². The van der Waals surface area contributed by atoms with Gasteiger partial charge in [0.2, 0.25) is 0 Å². The first kappa shape index (κ1) is 15.5. The number of pyridine rings is 2. The molecule has 0 atom stereocenters.